The van der Waals surface area contributed by atoms with Crippen molar-refractivity contribution in [1.82, 2.24) is 0 Å². The minimum absolute atomic E-state index is 0.0266. The number of fused-ring (bicyclic) bond motifs is 1. The van der Waals surface area contributed by atoms with Crippen molar-refractivity contribution < 1.29 is 14.7 Å². The highest BCUT2D eigenvalue weighted by molar-refractivity contribution is 6.12. The molecule has 1 aliphatic rings. The van der Waals surface area contributed by atoms with Gasteiger partial charge in [-0.1, -0.05) is 30.3 Å². The van der Waals surface area contributed by atoms with Crippen LogP contribution in [-0.2, 0) is 21.4 Å². The second kappa shape index (κ2) is 5.76. The number of hydrogen-bond acceptors (Lipinski definition) is 3. The van der Waals surface area contributed by atoms with Gasteiger partial charge in [-0.05, 0) is 49.6 Å². The molecule has 0 aliphatic carbocycles. The van der Waals surface area contributed by atoms with Crippen molar-refractivity contribution in [2.24, 2.45) is 5.73 Å². The van der Waals surface area contributed by atoms with Crippen LogP contribution in [0.25, 0.3) is 0 Å². The van der Waals surface area contributed by atoms with Crippen LogP contribution < -0.4 is 10.6 Å². The number of para-hydroxylation sites is 1. The topological polar surface area (TPSA) is 83.6 Å². The van der Waals surface area contributed by atoms with Crippen molar-refractivity contribution in [3.05, 3.63) is 59.7 Å². The lowest BCUT2D eigenvalue weighted by Gasteiger charge is -2.21. The fourth-order valence-electron chi connectivity index (χ4n) is 3.08. The summed E-state index contributed by atoms with van der Waals surface area (Å²) >= 11 is 0. The largest absolute Gasteiger partial charge is 0.480 e. The van der Waals surface area contributed by atoms with Crippen molar-refractivity contribution >= 4 is 23.3 Å². The van der Waals surface area contributed by atoms with E-state index >= 15 is 0 Å². The Kier molecular flexibility index (Phi) is 3.89. The number of amides is 1. The number of hydrogen-bond donors (Lipinski definition) is 2. The van der Waals surface area contributed by atoms with Crippen LogP contribution in [0.15, 0.2) is 48.5 Å². The lowest BCUT2D eigenvalue weighted by Crippen LogP contribution is -2.33. The van der Waals surface area contributed by atoms with Gasteiger partial charge in [-0.15, -0.1) is 0 Å². The first kappa shape index (κ1) is 16.2. The van der Waals surface area contributed by atoms with Gasteiger partial charge in [0.25, 0.3) is 0 Å². The summed E-state index contributed by atoms with van der Waals surface area (Å²) in [5, 5.41) is 8.89. The Morgan fingerprint density at radius 3 is 2.42 bits per heavy atom. The van der Waals surface area contributed by atoms with Gasteiger partial charge in [-0.3, -0.25) is 14.5 Å². The number of nitrogens with two attached hydrogens (primary N) is 1. The number of carbonyl (C=O) groups is 2. The fraction of sp³-hybridized carbons (Fsp3) is 0.263. The molecule has 0 spiro atoms. The molecule has 5 nitrogen and oxygen atoms in total. The first-order chi connectivity index (χ1) is 11.3. The highest BCUT2D eigenvalue weighted by atomic mass is 16.4. The zero-order valence-electron chi connectivity index (χ0n) is 13.7. The van der Waals surface area contributed by atoms with Crippen molar-refractivity contribution in [3.8, 4) is 0 Å². The number of carboxylic acid groups (broad SMARTS) is 1. The molecular weight excluding hydrogens is 304 g/mol. The standard InChI is InChI=1S/C19H20N2O3/c1-19(2)14-5-3-4-6-16(14)21(18(19)24)13-9-7-12(8-10-13)11-15(20)17(22)23/h3-10,15H,11,20H2,1-2H3,(H,22,23). The minimum atomic E-state index is -1.02. The maximum absolute atomic E-state index is 12.9. The summed E-state index contributed by atoms with van der Waals surface area (Å²) in [6.07, 6.45) is 0.256. The molecule has 0 bridgehead atoms. The molecule has 0 fully saturated rings. The van der Waals surface area contributed by atoms with Gasteiger partial charge in [-0.25, -0.2) is 0 Å². The Hall–Kier alpha value is -2.66. The highest BCUT2D eigenvalue weighted by Gasteiger charge is 2.44. The van der Waals surface area contributed by atoms with Crippen molar-refractivity contribution in [2.45, 2.75) is 31.7 Å². The predicted octanol–water partition coefficient (Wildman–Crippen LogP) is 2.60. The smallest absolute Gasteiger partial charge is 0.320 e. The molecule has 1 aliphatic heterocycles. The number of benzene rings is 2. The van der Waals surface area contributed by atoms with Gasteiger partial charge in [0.15, 0.2) is 0 Å². The zero-order chi connectivity index (χ0) is 17.5. The first-order valence-corrected chi connectivity index (χ1v) is 7.84. The lowest BCUT2D eigenvalue weighted by molar-refractivity contribution is -0.138. The average molecular weight is 324 g/mol. The number of carbonyl (C=O) groups excluding carboxylic acids is 1. The van der Waals surface area contributed by atoms with Gasteiger partial charge in [0, 0.05) is 5.69 Å². The van der Waals surface area contributed by atoms with Gasteiger partial charge >= 0.3 is 5.97 Å². The SMILES string of the molecule is CC1(C)C(=O)N(c2ccc(CC(N)C(=O)O)cc2)c2ccccc21. The molecule has 2 aromatic carbocycles. The fourth-order valence-corrected chi connectivity index (χ4v) is 3.08. The van der Waals surface area contributed by atoms with E-state index < -0.39 is 17.4 Å². The molecule has 1 atom stereocenters. The van der Waals surface area contributed by atoms with E-state index in [0.29, 0.717) is 0 Å². The van der Waals surface area contributed by atoms with Gasteiger partial charge < -0.3 is 10.8 Å². The first-order valence-electron chi connectivity index (χ1n) is 7.84. The molecular formula is C19H20N2O3. The van der Waals surface area contributed by atoms with Gasteiger partial charge in [0.2, 0.25) is 5.91 Å². The molecule has 0 saturated heterocycles. The van der Waals surface area contributed by atoms with Crippen molar-refractivity contribution in [2.75, 3.05) is 4.90 Å². The quantitative estimate of drug-likeness (QED) is 0.905. The molecule has 0 radical (unpaired) electrons. The van der Waals surface area contributed by atoms with E-state index in [9.17, 15) is 9.59 Å². The van der Waals surface area contributed by atoms with E-state index in [-0.39, 0.29) is 12.3 Å². The normalized spacial score (nSPS) is 16.8. The average Bonchev–Trinajstić information content (AvgIpc) is 2.76. The van der Waals surface area contributed by atoms with Crippen LogP contribution in [0.2, 0.25) is 0 Å². The minimum Gasteiger partial charge on any atom is -0.480 e. The summed E-state index contributed by atoms with van der Waals surface area (Å²) in [6, 6.07) is 14.2. The Balaban J connectivity index is 1.93. The third-order valence-corrected chi connectivity index (χ3v) is 4.52. The van der Waals surface area contributed by atoms with E-state index in [4.69, 9.17) is 10.8 Å². The Bertz CT molecular complexity index is 797. The van der Waals surface area contributed by atoms with Crippen LogP contribution in [0.1, 0.15) is 25.0 Å². The monoisotopic (exact) mass is 324 g/mol. The zero-order valence-corrected chi connectivity index (χ0v) is 13.7. The van der Waals surface area contributed by atoms with Crippen LogP contribution in [0, 0.1) is 0 Å². The third kappa shape index (κ3) is 2.57. The number of rotatable bonds is 4. The summed E-state index contributed by atoms with van der Waals surface area (Å²) in [7, 11) is 0. The van der Waals surface area contributed by atoms with E-state index in [1.54, 1.807) is 4.90 Å². The van der Waals surface area contributed by atoms with Crippen LogP contribution in [0.3, 0.4) is 0 Å². The summed E-state index contributed by atoms with van der Waals surface area (Å²) in [4.78, 5) is 25.4. The van der Waals surface area contributed by atoms with Crippen LogP contribution >= 0.6 is 0 Å². The Morgan fingerprint density at radius 2 is 1.79 bits per heavy atom. The van der Waals surface area contributed by atoms with E-state index in [1.165, 1.54) is 0 Å². The molecule has 1 unspecified atom stereocenters. The molecule has 24 heavy (non-hydrogen) atoms. The molecule has 3 N–H and O–H groups in total. The number of aliphatic carboxylic acids is 1. The van der Waals surface area contributed by atoms with E-state index in [0.717, 1.165) is 22.5 Å². The van der Waals surface area contributed by atoms with Gasteiger partial charge in [-0.2, -0.15) is 0 Å². The molecule has 5 heteroatoms. The summed E-state index contributed by atoms with van der Waals surface area (Å²) in [5.41, 5.74) is 8.49. The number of anilines is 2. The van der Waals surface area contributed by atoms with Crippen molar-refractivity contribution in [1.29, 1.82) is 0 Å². The van der Waals surface area contributed by atoms with E-state index in [2.05, 4.69) is 0 Å². The maximum atomic E-state index is 12.9. The molecule has 124 valence electrons. The molecule has 3 rings (SSSR count). The summed E-state index contributed by atoms with van der Waals surface area (Å²) in [6.45, 7) is 3.85. The van der Waals surface area contributed by atoms with Gasteiger partial charge in [0.05, 0.1) is 11.1 Å². The van der Waals surface area contributed by atoms with Gasteiger partial charge in [0.1, 0.15) is 6.04 Å². The molecule has 2 aromatic rings. The van der Waals surface area contributed by atoms with E-state index in [1.807, 2.05) is 62.4 Å². The predicted molar refractivity (Wildman–Crippen MR) is 92.4 cm³/mol. The summed E-state index contributed by atoms with van der Waals surface area (Å²) < 4.78 is 0. The summed E-state index contributed by atoms with van der Waals surface area (Å²) in [5.74, 6) is -0.997. The number of carboxylic acids is 1. The number of nitrogens with zero attached hydrogens (tertiary/aromatic N) is 1. The van der Waals surface area contributed by atoms with Crippen LogP contribution in [0.4, 0.5) is 11.4 Å². The second-order valence-corrected chi connectivity index (χ2v) is 6.60. The van der Waals surface area contributed by atoms with Crippen LogP contribution in [-0.4, -0.2) is 23.0 Å². The second-order valence-electron chi connectivity index (χ2n) is 6.60. The lowest BCUT2D eigenvalue weighted by atomic mass is 9.86. The van der Waals surface area contributed by atoms with Crippen LogP contribution in [0.5, 0.6) is 0 Å². The Labute approximate surface area is 140 Å². The molecule has 1 heterocycles. The van der Waals surface area contributed by atoms with Crippen molar-refractivity contribution in [3.63, 3.8) is 0 Å². The molecule has 0 aromatic heterocycles. The Morgan fingerprint density at radius 1 is 1.17 bits per heavy atom. The molecule has 1 amide bonds. The molecule has 0 saturated carbocycles. The highest BCUT2D eigenvalue weighted by Crippen LogP contribution is 2.44. The third-order valence-electron chi connectivity index (χ3n) is 4.52. The maximum Gasteiger partial charge on any atom is 0.320 e.